The zero-order valence-electron chi connectivity index (χ0n) is 11.9. The summed E-state index contributed by atoms with van der Waals surface area (Å²) in [6, 6.07) is 8.29. The molecule has 1 aromatic rings. The van der Waals surface area contributed by atoms with Gasteiger partial charge in [0.15, 0.2) is 0 Å². The van der Waals surface area contributed by atoms with Gasteiger partial charge in [-0.15, -0.1) is 0 Å². The molecule has 3 heteroatoms. The first kappa shape index (κ1) is 14.1. The lowest BCUT2D eigenvalue weighted by Gasteiger charge is -2.22. The van der Waals surface area contributed by atoms with Crippen molar-refractivity contribution in [3.05, 3.63) is 35.4 Å². The smallest absolute Gasteiger partial charge is 0.241 e. The van der Waals surface area contributed by atoms with Crippen LogP contribution in [0.25, 0.3) is 0 Å². The minimum absolute atomic E-state index is 0.00733. The van der Waals surface area contributed by atoms with Gasteiger partial charge >= 0.3 is 0 Å². The number of benzene rings is 1. The van der Waals surface area contributed by atoms with Crippen molar-refractivity contribution < 1.29 is 4.79 Å². The Balaban J connectivity index is 2.10. The van der Waals surface area contributed by atoms with E-state index in [1.165, 1.54) is 37.7 Å². The van der Waals surface area contributed by atoms with Crippen LogP contribution in [0.5, 0.6) is 0 Å². The Labute approximate surface area is 115 Å². The lowest BCUT2D eigenvalue weighted by atomic mass is 9.83. The lowest BCUT2D eigenvalue weighted by molar-refractivity contribution is -0.122. The van der Waals surface area contributed by atoms with Gasteiger partial charge < -0.3 is 10.6 Å². The van der Waals surface area contributed by atoms with Crippen molar-refractivity contribution in [1.82, 2.24) is 10.6 Å². The summed E-state index contributed by atoms with van der Waals surface area (Å²) in [4.78, 5) is 11.8. The Morgan fingerprint density at radius 1 is 1.11 bits per heavy atom. The Kier molecular flexibility index (Phi) is 4.97. The number of nitrogens with one attached hydrogen (secondary N) is 2. The van der Waals surface area contributed by atoms with E-state index in [1.807, 2.05) is 7.05 Å². The molecule has 0 saturated heterocycles. The molecule has 19 heavy (non-hydrogen) atoms. The van der Waals surface area contributed by atoms with E-state index in [2.05, 4.69) is 34.9 Å². The molecule has 3 nitrogen and oxygen atoms in total. The van der Waals surface area contributed by atoms with Gasteiger partial charge in [0, 0.05) is 7.05 Å². The Morgan fingerprint density at radius 3 is 2.26 bits per heavy atom. The number of rotatable bonds is 4. The maximum absolute atomic E-state index is 11.8. The quantitative estimate of drug-likeness (QED) is 0.874. The summed E-state index contributed by atoms with van der Waals surface area (Å²) in [5.41, 5.74) is 2.46. The van der Waals surface area contributed by atoms with Gasteiger partial charge in [-0.25, -0.2) is 0 Å². The van der Waals surface area contributed by atoms with E-state index < -0.39 is 0 Å². The molecule has 1 aliphatic rings. The van der Waals surface area contributed by atoms with E-state index in [4.69, 9.17) is 0 Å². The van der Waals surface area contributed by atoms with Crippen molar-refractivity contribution in [2.45, 2.75) is 44.1 Å². The van der Waals surface area contributed by atoms with Crippen LogP contribution < -0.4 is 10.6 Å². The van der Waals surface area contributed by atoms with Crippen LogP contribution in [0, 0.1) is 0 Å². The van der Waals surface area contributed by atoms with Crippen molar-refractivity contribution in [3.8, 4) is 0 Å². The van der Waals surface area contributed by atoms with Crippen LogP contribution in [-0.4, -0.2) is 20.0 Å². The molecule has 0 radical (unpaired) electrons. The summed E-state index contributed by atoms with van der Waals surface area (Å²) in [7, 11) is 3.48. The fourth-order valence-electron chi connectivity index (χ4n) is 2.99. The van der Waals surface area contributed by atoms with E-state index in [1.54, 1.807) is 7.05 Å². The topological polar surface area (TPSA) is 41.1 Å². The normalized spacial score (nSPS) is 18.0. The SMILES string of the molecule is CNC(=O)C(NC)c1ccc(C2CCCCC2)cc1. The summed E-state index contributed by atoms with van der Waals surface area (Å²) in [5.74, 6) is 0.726. The van der Waals surface area contributed by atoms with Crippen LogP contribution in [0.4, 0.5) is 0 Å². The number of hydrogen-bond donors (Lipinski definition) is 2. The maximum atomic E-state index is 11.8. The molecule has 1 atom stereocenters. The second-order valence-corrected chi connectivity index (χ2v) is 5.34. The molecular weight excluding hydrogens is 236 g/mol. The van der Waals surface area contributed by atoms with Crippen molar-refractivity contribution in [2.75, 3.05) is 14.1 Å². The molecule has 1 fully saturated rings. The molecule has 1 unspecified atom stereocenters. The van der Waals surface area contributed by atoms with Gasteiger partial charge in [-0.2, -0.15) is 0 Å². The summed E-state index contributed by atoms with van der Waals surface area (Å²) in [5, 5.41) is 5.75. The standard InChI is InChI=1S/C16H24N2O/c1-17-15(16(19)18-2)14-10-8-13(9-11-14)12-6-4-3-5-7-12/h8-12,15,17H,3-7H2,1-2H3,(H,18,19). The molecular formula is C16H24N2O. The van der Waals surface area contributed by atoms with Gasteiger partial charge in [-0.1, -0.05) is 43.5 Å². The third kappa shape index (κ3) is 3.35. The third-order valence-electron chi connectivity index (χ3n) is 4.14. The van der Waals surface area contributed by atoms with E-state index in [9.17, 15) is 4.79 Å². The Bertz CT molecular complexity index is 407. The van der Waals surface area contributed by atoms with Crippen molar-refractivity contribution in [3.63, 3.8) is 0 Å². The van der Waals surface area contributed by atoms with Crippen molar-refractivity contribution >= 4 is 5.91 Å². The van der Waals surface area contributed by atoms with Gasteiger partial charge in [0.25, 0.3) is 0 Å². The molecule has 0 spiro atoms. The maximum Gasteiger partial charge on any atom is 0.241 e. The number of amides is 1. The van der Waals surface area contributed by atoms with Gasteiger partial charge in [-0.3, -0.25) is 4.79 Å². The summed E-state index contributed by atoms with van der Waals surface area (Å²) in [6.45, 7) is 0. The monoisotopic (exact) mass is 260 g/mol. The van der Waals surface area contributed by atoms with Gasteiger partial charge in [0.1, 0.15) is 6.04 Å². The third-order valence-corrected chi connectivity index (χ3v) is 4.14. The molecule has 0 heterocycles. The zero-order valence-corrected chi connectivity index (χ0v) is 11.9. The summed E-state index contributed by atoms with van der Waals surface area (Å²) < 4.78 is 0. The average Bonchev–Trinajstić information content (AvgIpc) is 2.49. The second-order valence-electron chi connectivity index (χ2n) is 5.34. The molecule has 2 N–H and O–H groups in total. The molecule has 0 aromatic heterocycles. The fraction of sp³-hybridized carbons (Fsp3) is 0.562. The molecule has 104 valence electrons. The van der Waals surface area contributed by atoms with Gasteiger partial charge in [0.2, 0.25) is 5.91 Å². The summed E-state index contributed by atoms with van der Waals surface area (Å²) >= 11 is 0. The number of carbonyl (C=O) groups is 1. The molecule has 0 bridgehead atoms. The van der Waals surface area contributed by atoms with Crippen LogP contribution in [0.2, 0.25) is 0 Å². The summed E-state index contributed by atoms with van der Waals surface area (Å²) in [6.07, 6.45) is 6.70. The van der Waals surface area contributed by atoms with Gasteiger partial charge in [-0.05, 0) is 36.9 Å². The number of hydrogen-bond acceptors (Lipinski definition) is 2. The van der Waals surface area contributed by atoms with Gasteiger partial charge in [0.05, 0.1) is 0 Å². The fourth-order valence-corrected chi connectivity index (χ4v) is 2.99. The van der Waals surface area contributed by atoms with Crippen LogP contribution in [-0.2, 0) is 4.79 Å². The van der Waals surface area contributed by atoms with E-state index in [-0.39, 0.29) is 11.9 Å². The Morgan fingerprint density at radius 2 is 1.74 bits per heavy atom. The van der Waals surface area contributed by atoms with Crippen LogP contribution in [0.3, 0.4) is 0 Å². The first-order chi connectivity index (χ1) is 9.26. The highest BCUT2D eigenvalue weighted by Gasteiger charge is 2.19. The van der Waals surface area contributed by atoms with Crippen LogP contribution in [0.1, 0.15) is 55.2 Å². The van der Waals surface area contributed by atoms with Crippen molar-refractivity contribution in [2.24, 2.45) is 0 Å². The average molecular weight is 260 g/mol. The van der Waals surface area contributed by atoms with Crippen molar-refractivity contribution in [1.29, 1.82) is 0 Å². The lowest BCUT2D eigenvalue weighted by Crippen LogP contribution is -2.33. The first-order valence-electron chi connectivity index (χ1n) is 7.25. The predicted octanol–water partition coefficient (Wildman–Crippen LogP) is 2.74. The Hall–Kier alpha value is -1.35. The molecule has 0 aliphatic heterocycles. The minimum atomic E-state index is -0.259. The van der Waals surface area contributed by atoms with E-state index >= 15 is 0 Å². The zero-order chi connectivity index (χ0) is 13.7. The molecule has 1 saturated carbocycles. The number of carbonyl (C=O) groups excluding carboxylic acids is 1. The van der Waals surface area contributed by atoms with E-state index in [0.717, 1.165) is 11.5 Å². The second kappa shape index (κ2) is 6.71. The van der Waals surface area contributed by atoms with Crippen LogP contribution >= 0.6 is 0 Å². The first-order valence-corrected chi connectivity index (χ1v) is 7.25. The molecule has 1 aliphatic carbocycles. The predicted molar refractivity (Wildman–Crippen MR) is 78.1 cm³/mol. The largest absolute Gasteiger partial charge is 0.358 e. The highest BCUT2D eigenvalue weighted by atomic mass is 16.2. The van der Waals surface area contributed by atoms with Crippen LogP contribution in [0.15, 0.2) is 24.3 Å². The highest BCUT2D eigenvalue weighted by Crippen LogP contribution is 2.32. The highest BCUT2D eigenvalue weighted by molar-refractivity contribution is 5.82. The molecule has 1 aromatic carbocycles. The van der Waals surface area contributed by atoms with E-state index in [0.29, 0.717) is 0 Å². The minimum Gasteiger partial charge on any atom is -0.358 e. The molecule has 1 amide bonds. The molecule has 2 rings (SSSR count). The number of likely N-dealkylation sites (N-methyl/N-ethyl adjacent to an activating group) is 2.